The predicted molar refractivity (Wildman–Crippen MR) is 81.9 cm³/mol. The Labute approximate surface area is 125 Å². The molecule has 0 spiro atoms. The number of rotatable bonds is 3. The second-order valence-corrected chi connectivity index (χ2v) is 5.53. The average Bonchev–Trinajstić information content (AvgIpc) is 2.88. The first-order valence-electron chi connectivity index (χ1n) is 6.26. The van der Waals surface area contributed by atoms with Crippen LogP contribution < -0.4 is 4.90 Å². The number of nitrogens with zero attached hydrogens (tertiary/aromatic N) is 3. The van der Waals surface area contributed by atoms with Crippen LogP contribution in [0.3, 0.4) is 0 Å². The average molecular weight is 334 g/mol. The summed E-state index contributed by atoms with van der Waals surface area (Å²) in [6.45, 7) is 1.26. The summed E-state index contributed by atoms with van der Waals surface area (Å²) in [5.41, 5.74) is 2.00. The quantitative estimate of drug-likeness (QED) is 0.850. The van der Waals surface area contributed by atoms with Crippen LogP contribution in [0.4, 0.5) is 10.1 Å². The van der Waals surface area contributed by atoms with E-state index in [1.807, 2.05) is 40.2 Å². The molecule has 5 heteroatoms. The number of halogens is 2. The third kappa shape index (κ3) is 2.99. The van der Waals surface area contributed by atoms with Crippen LogP contribution in [0.15, 0.2) is 58.1 Å². The van der Waals surface area contributed by atoms with Crippen LogP contribution in [0.2, 0.25) is 0 Å². The molecule has 2 aromatic carbocycles. The summed E-state index contributed by atoms with van der Waals surface area (Å²) in [5, 5.41) is 6.24. The fourth-order valence-electron chi connectivity index (χ4n) is 2.10. The molecular formula is C15H13BrFN3. The topological polar surface area (TPSA) is 18.8 Å². The van der Waals surface area contributed by atoms with Gasteiger partial charge in [-0.05, 0) is 42.0 Å². The summed E-state index contributed by atoms with van der Waals surface area (Å²) in [6.07, 6.45) is 1.79. The molecule has 0 N–H and O–H groups in total. The highest BCUT2D eigenvalue weighted by Gasteiger charge is 2.15. The van der Waals surface area contributed by atoms with Gasteiger partial charge in [-0.15, -0.1) is 0 Å². The molecule has 1 aliphatic rings. The lowest BCUT2D eigenvalue weighted by atomic mass is 10.2. The van der Waals surface area contributed by atoms with Gasteiger partial charge in [0.2, 0.25) is 0 Å². The lowest BCUT2D eigenvalue weighted by molar-refractivity contribution is 0.310. The van der Waals surface area contributed by atoms with E-state index in [2.05, 4.69) is 21.0 Å². The van der Waals surface area contributed by atoms with Crippen LogP contribution in [0.25, 0.3) is 0 Å². The number of anilines is 1. The Bertz CT molecular complexity index is 627. The van der Waals surface area contributed by atoms with E-state index in [0.717, 1.165) is 15.7 Å². The van der Waals surface area contributed by atoms with Gasteiger partial charge in [0, 0.05) is 10.2 Å². The first-order valence-corrected chi connectivity index (χ1v) is 7.06. The largest absolute Gasteiger partial charge is 0.311 e. The van der Waals surface area contributed by atoms with Crippen LogP contribution in [-0.4, -0.2) is 18.0 Å². The van der Waals surface area contributed by atoms with Gasteiger partial charge in [0.15, 0.2) is 0 Å². The summed E-state index contributed by atoms with van der Waals surface area (Å²) in [5.74, 6) is -0.213. The summed E-state index contributed by atoms with van der Waals surface area (Å²) >= 11 is 3.42. The molecule has 0 unspecified atom stereocenters. The van der Waals surface area contributed by atoms with E-state index in [-0.39, 0.29) is 5.82 Å². The maximum Gasteiger partial charge on any atom is 0.123 e. The Morgan fingerprint density at radius 2 is 1.95 bits per heavy atom. The lowest BCUT2D eigenvalue weighted by Gasteiger charge is -2.19. The van der Waals surface area contributed by atoms with Crippen LogP contribution in [0.1, 0.15) is 5.56 Å². The number of hydrogen-bond acceptors (Lipinski definition) is 3. The summed E-state index contributed by atoms with van der Waals surface area (Å²) in [7, 11) is 0. The van der Waals surface area contributed by atoms with Gasteiger partial charge in [0.1, 0.15) is 18.8 Å². The molecule has 0 aromatic heterocycles. The summed E-state index contributed by atoms with van der Waals surface area (Å²) < 4.78 is 14.2. The first kappa shape index (κ1) is 13.1. The number of benzene rings is 2. The van der Waals surface area contributed by atoms with E-state index in [4.69, 9.17) is 0 Å². The minimum absolute atomic E-state index is 0.213. The number of hydrazone groups is 1. The maximum absolute atomic E-state index is 13.1. The van der Waals surface area contributed by atoms with Crippen molar-refractivity contribution in [1.82, 2.24) is 5.01 Å². The van der Waals surface area contributed by atoms with E-state index >= 15 is 0 Å². The van der Waals surface area contributed by atoms with Crippen molar-refractivity contribution in [2.45, 2.75) is 6.54 Å². The molecule has 0 bridgehead atoms. The fourth-order valence-corrected chi connectivity index (χ4v) is 2.37. The fraction of sp³-hybridized carbons (Fsp3) is 0.133. The minimum Gasteiger partial charge on any atom is -0.311 e. The summed E-state index contributed by atoms with van der Waals surface area (Å²) in [6, 6.07) is 14.7. The van der Waals surface area contributed by atoms with Crippen molar-refractivity contribution in [2.24, 2.45) is 5.10 Å². The zero-order chi connectivity index (χ0) is 13.9. The Morgan fingerprint density at radius 3 is 2.70 bits per heavy atom. The van der Waals surface area contributed by atoms with Crippen LogP contribution in [0.5, 0.6) is 0 Å². The van der Waals surface area contributed by atoms with Gasteiger partial charge in [0.05, 0.1) is 6.54 Å². The third-order valence-corrected chi connectivity index (χ3v) is 3.61. The highest BCUT2D eigenvalue weighted by atomic mass is 79.9. The van der Waals surface area contributed by atoms with Gasteiger partial charge in [0.25, 0.3) is 0 Å². The normalized spacial score (nSPS) is 14.1. The van der Waals surface area contributed by atoms with E-state index in [9.17, 15) is 4.39 Å². The predicted octanol–water partition coefficient (Wildman–Crippen LogP) is 3.81. The van der Waals surface area contributed by atoms with E-state index in [1.54, 1.807) is 12.4 Å². The van der Waals surface area contributed by atoms with Gasteiger partial charge in [-0.2, -0.15) is 5.10 Å². The molecule has 1 aliphatic heterocycles. The summed E-state index contributed by atoms with van der Waals surface area (Å²) in [4.78, 5) is 2.05. The molecule has 0 amide bonds. The van der Waals surface area contributed by atoms with Gasteiger partial charge >= 0.3 is 0 Å². The molecule has 3 rings (SSSR count). The molecule has 0 aliphatic carbocycles. The standard InChI is InChI=1S/C15H13BrFN3/c16-13-4-6-15(7-5-13)19-10-18-20(11-19)9-12-2-1-3-14(17)8-12/h1-8,10H,9,11H2. The van der Waals surface area contributed by atoms with Crippen molar-refractivity contribution in [3.63, 3.8) is 0 Å². The van der Waals surface area contributed by atoms with Crippen molar-refractivity contribution in [1.29, 1.82) is 0 Å². The molecule has 102 valence electrons. The van der Waals surface area contributed by atoms with E-state index in [1.165, 1.54) is 12.1 Å². The zero-order valence-corrected chi connectivity index (χ0v) is 12.3. The van der Waals surface area contributed by atoms with Crippen LogP contribution in [0, 0.1) is 5.82 Å². The Morgan fingerprint density at radius 1 is 1.15 bits per heavy atom. The van der Waals surface area contributed by atoms with E-state index < -0.39 is 0 Å². The molecule has 0 atom stereocenters. The molecule has 0 radical (unpaired) electrons. The van der Waals surface area contributed by atoms with Crippen molar-refractivity contribution in [3.8, 4) is 0 Å². The van der Waals surface area contributed by atoms with Crippen LogP contribution >= 0.6 is 15.9 Å². The zero-order valence-electron chi connectivity index (χ0n) is 10.7. The molecular weight excluding hydrogens is 321 g/mol. The van der Waals surface area contributed by atoms with Gasteiger partial charge in [-0.3, -0.25) is 5.01 Å². The molecule has 1 heterocycles. The second-order valence-electron chi connectivity index (χ2n) is 4.61. The third-order valence-electron chi connectivity index (χ3n) is 3.08. The minimum atomic E-state index is -0.213. The van der Waals surface area contributed by atoms with Gasteiger partial charge in [-0.25, -0.2) is 4.39 Å². The maximum atomic E-state index is 13.1. The molecule has 0 fully saturated rings. The van der Waals surface area contributed by atoms with Crippen molar-refractivity contribution in [2.75, 3.05) is 11.6 Å². The first-order chi connectivity index (χ1) is 9.70. The number of hydrogen-bond donors (Lipinski definition) is 0. The van der Waals surface area contributed by atoms with Crippen LogP contribution in [-0.2, 0) is 6.54 Å². The molecule has 0 saturated carbocycles. The SMILES string of the molecule is Fc1cccc(CN2CN(c3ccc(Br)cc3)C=N2)c1. The van der Waals surface area contributed by atoms with Crippen molar-refractivity contribution >= 4 is 28.0 Å². The Balaban J connectivity index is 1.65. The van der Waals surface area contributed by atoms with E-state index in [0.29, 0.717) is 13.2 Å². The van der Waals surface area contributed by atoms with Crippen molar-refractivity contribution < 1.29 is 4.39 Å². The highest BCUT2D eigenvalue weighted by Crippen LogP contribution is 2.20. The monoisotopic (exact) mass is 333 g/mol. The van der Waals surface area contributed by atoms with Gasteiger partial charge < -0.3 is 4.90 Å². The Kier molecular flexibility index (Phi) is 3.69. The van der Waals surface area contributed by atoms with Crippen molar-refractivity contribution in [3.05, 3.63) is 64.4 Å². The highest BCUT2D eigenvalue weighted by molar-refractivity contribution is 9.10. The second kappa shape index (κ2) is 5.63. The molecule has 3 nitrogen and oxygen atoms in total. The molecule has 0 saturated heterocycles. The smallest absolute Gasteiger partial charge is 0.123 e. The molecule has 20 heavy (non-hydrogen) atoms. The van der Waals surface area contributed by atoms with Gasteiger partial charge in [-0.1, -0.05) is 28.1 Å². The Hall–Kier alpha value is -1.88. The molecule has 2 aromatic rings. The lowest BCUT2D eigenvalue weighted by Crippen LogP contribution is -2.26.